The summed E-state index contributed by atoms with van der Waals surface area (Å²) in [5.41, 5.74) is 1.23. The number of hydrogen-bond donors (Lipinski definition) is 2. The second kappa shape index (κ2) is 7.28. The molecular weight excluding hydrogens is 268 g/mol. The first-order valence-electron chi connectivity index (χ1n) is 6.89. The van der Waals surface area contributed by atoms with E-state index >= 15 is 0 Å². The number of anilines is 1. The summed E-state index contributed by atoms with van der Waals surface area (Å²) in [6, 6.07) is 10.4. The van der Waals surface area contributed by atoms with Crippen molar-refractivity contribution >= 4 is 17.5 Å². The number of amides is 2. The van der Waals surface area contributed by atoms with E-state index in [1.165, 1.54) is 0 Å². The molecule has 0 radical (unpaired) electrons. The van der Waals surface area contributed by atoms with Crippen LogP contribution in [-0.4, -0.2) is 11.8 Å². The second-order valence-corrected chi connectivity index (χ2v) is 4.64. The Morgan fingerprint density at radius 2 is 1.90 bits per heavy atom. The van der Waals surface area contributed by atoms with Crippen molar-refractivity contribution in [3.8, 4) is 0 Å². The second-order valence-electron chi connectivity index (χ2n) is 4.64. The zero-order chi connectivity index (χ0) is 15.1. The van der Waals surface area contributed by atoms with Gasteiger partial charge in [-0.3, -0.25) is 9.59 Å². The molecule has 0 saturated heterocycles. The number of rotatable bonds is 6. The highest BCUT2D eigenvalue weighted by atomic mass is 16.3. The fourth-order valence-corrected chi connectivity index (χ4v) is 1.84. The standard InChI is InChI=1S/C16H18N2O3/c1-2-4-15(19)18-13-8-6-12(7-9-13)16(20)17-11-14-5-3-10-21-14/h3,5-10H,2,4,11H2,1H3,(H,17,20)(H,18,19). The average Bonchev–Trinajstić information content (AvgIpc) is 2.99. The number of benzene rings is 1. The van der Waals surface area contributed by atoms with Crippen LogP contribution in [0.5, 0.6) is 0 Å². The van der Waals surface area contributed by atoms with Gasteiger partial charge < -0.3 is 15.1 Å². The fourth-order valence-electron chi connectivity index (χ4n) is 1.84. The van der Waals surface area contributed by atoms with Gasteiger partial charge in [-0.1, -0.05) is 6.92 Å². The summed E-state index contributed by atoms with van der Waals surface area (Å²) < 4.78 is 5.14. The largest absolute Gasteiger partial charge is 0.467 e. The molecule has 2 aromatic rings. The first-order chi connectivity index (χ1) is 10.2. The molecule has 5 heteroatoms. The van der Waals surface area contributed by atoms with Gasteiger partial charge in [-0.05, 0) is 42.8 Å². The van der Waals surface area contributed by atoms with Crippen LogP contribution in [0.25, 0.3) is 0 Å². The third kappa shape index (κ3) is 4.49. The van der Waals surface area contributed by atoms with Gasteiger partial charge in [0, 0.05) is 17.7 Å². The van der Waals surface area contributed by atoms with E-state index < -0.39 is 0 Å². The third-order valence-electron chi connectivity index (χ3n) is 2.91. The van der Waals surface area contributed by atoms with Crippen LogP contribution >= 0.6 is 0 Å². The minimum Gasteiger partial charge on any atom is -0.467 e. The maximum Gasteiger partial charge on any atom is 0.251 e. The van der Waals surface area contributed by atoms with Crippen molar-refractivity contribution in [3.05, 3.63) is 54.0 Å². The first kappa shape index (κ1) is 14.8. The highest BCUT2D eigenvalue weighted by molar-refractivity contribution is 5.95. The molecule has 0 atom stereocenters. The molecule has 5 nitrogen and oxygen atoms in total. The highest BCUT2D eigenvalue weighted by Gasteiger charge is 2.07. The molecule has 2 amide bonds. The fraction of sp³-hybridized carbons (Fsp3) is 0.250. The maximum atomic E-state index is 11.9. The molecule has 0 unspecified atom stereocenters. The van der Waals surface area contributed by atoms with E-state index in [9.17, 15) is 9.59 Å². The summed E-state index contributed by atoms with van der Waals surface area (Å²) in [4.78, 5) is 23.4. The van der Waals surface area contributed by atoms with Gasteiger partial charge in [-0.2, -0.15) is 0 Å². The van der Waals surface area contributed by atoms with Gasteiger partial charge in [-0.15, -0.1) is 0 Å². The predicted octanol–water partition coefficient (Wildman–Crippen LogP) is 2.95. The van der Waals surface area contributed by atoms with E-state index in [1.807, 2.05) is 6.92 Å². The molecule has 0 spiro atoms. The molecule has 1 aromatic carbocycles. The van der Waals surface area contributed by atoms with Crippen LogP contribution in [0.2, 0.25) is 0 Å². The summed E-state index contributed by atoms with van der Waals surface area (Å²) in [6.07, 6.45) is 2.86. The van der Waals surface area contributed by atoms with E-state index in [2.05, 4.69) is 10.6 Å². The Hall–Kier alpha value is -2.56. The Kier molecular flexibility index (Phi) is 5.15. The van der Waals surface area contributed by atoms with Crippen molar-refractivity contribution in [1.29, 1.82) is 0 Å². The molecule has 1 aromatic heterocycles. The average molecular weight is 286 g/mol. The van der Waals surface area contributed by atoms with Gasteiger partial charge in [0.2, 0.25) is 5.91 Å². The maximum absolute atomic E-state index is 11.9. The van der Waals surface area contributed by atoms with Crippen LogP contribution in [0.1, 0.15) is 35.9 Å². The molecule has 2 rings (SSSR count). The van der Waals surface area contributed by atoms with Crippen molar-refractivity contribution in [3.63, 3.8) is 0 Å². The molecule has 1 heterocycles. The number of nitrogens with one attached hydrogen (secondary N) is 2. The van der Waals surface area contributed by atoms with Gasteiger partial charge in [0.05, 0.1) is 12.8 Å². The zero-order valence-electron chi connectivity index (χ0n) is 11.9. The normalized spacial score (nSPS) is 10.1. The highest BCUT2D eigenvalue weighted by Crippen LogP contribution is 2.10. The smallest absolute Gasteiger partial charge is 0.251 e. The molecule has 0 saturated carbocycles. The Morgan fingerprint density at radius 3 is 2.52 bits per heavy atom. The number of carbonyl (C=O) groups is 2. The number of furan rings is 1. The lowest BCUT2D eigenvalue weighted by molar-refractivity contribution is -0.116. The molecular formula is C16H18N2O3. The summed E-state index contributed by atoms with van der Waals surface area (Å²) in [5.74, 6) is 0.497. The monoisotopic (exact) mass is 286 g/mol. The quantitative estimate of drug-likeness (QED) is 0.857. The van der Waals surface area contributed by atoms with Crippen molar-refractivity contribution in [2.45, 2.75) is 26.3 Å². The van der Waals surface area contributed by atoms with Crippen LogP contribution in [-0.2, 0) is 11.3 Å². The van der Waals surface area contributed by atoms with Crippen LogP contribution in [0.4, 0.5) is 5.69 Å². The van der Waals surface area contributed by atoms with E-state index in [1.54, 1.807) is 42.7 Å². The third-order valence-corrected chi connectivity index (χ3v) is 2.91. The summed E-state index contributed by atoms with van der Waals surface area (Å²) in [6.45, 7) is 2.30. The molecule has 2 N–H and O–H groups in total. The Labute approximate surface area is 123 Å². The first-order valence-corrected chi connectivity index (χ1v) is 6.89. The van der Waals surface area contributed by atoms with Gasteiger partial charge in [0.1, 0.15) is 5.76 Å². The lowest BCUT2D eigenvalue weighted by Crippen LogP contribution is -2.22. The zero-order valence-corrected chi connectivity index (χ0v) is 11.9. The van der Waals surface area contributed by atoms with Crippen molar-refractivity contribution in [2.24, 2.45) is 0 Å². The van der Waals surface area contributed by atoms with Gasteiger partial charge in [0.25, 0.3) is 5.91 Å². The van der Waals surface area contributed by atoms with Crippen molar-refractivity contribution < 1.29 is 14.0 Å². The lowest BCUT2D eigenvalue weighted by Gasteiger charge is -2.06. The predicted molar refractivity (Wildman–Crippen MR) is 79.9 cm³/mol. The Morgan fingerprint density at radius 1 is 1.14 bits per heavy atom. The van der Waals surface area contributed by atoms with Crippen molar-refractivity contribution in [2.75, 3.05) is 5.32 Å². The van der Waals surface area contributed by atoms with Crippen LogP contribution in [0.15, 0.2) is 47.1 Å². The number of carbonyl (C=O) groups excluding carboxylic acids is 2. The molecule has 21 heavy (non-hydrogen) atoms. The van der Waals surface area contributed by atoms with Crippen LogP contribution < -0.4 is 10.6 Å². The Bertz CT molecular complexity index is 588. The van der Waals surface area contributed by atoms with Crippen LogP contribution in [0.3, 0.4) is 0 Å². The van der Waals surface area contributed by atoms with E-state index in [4.69, 9.17) is 4.42 Å². The molecule has 0 fully saturated rings. The summed E-state index contributed by atoms with van der Waals surface area (Å²) in [5, 5.41) is 5.54. The van der Waals surface area contributed by atoms with Gasteiger partial charge in [0.15, 0.2) is 0 Å². The Balaban J connectivity index is 1.88. The molecule has 0 aliphatic rings. The summed E-state index contributed by atoms with van der Waals surface area (Å²) >= 11 is 0. The van der Waals surface area contributed by atoms with Crippen molar-refractivity contribution in [1.82, 2.24) is 5.32 Å². The number of hydrogen-bond acceptors (Lipinski definition) is 3. The SMILES string of the molecule is CCCC(=O)Nc1ccc(C(=O)NCc2ccco2)cc1. The summed E-state index contributed by atoms with van der Waals surface area (Å²) in [7, 11) is 0. The minimum atomic E-state index is -0.183. The van der Waals surface area contributed by atoms with Gasteiger partial charge >= 0.3 is 0 Å². The van der Waals surface area contributed by atoms with E-state index in [0.29, 0.717) is 30.0 Å². The van der Waals surface area contributed by atoms with E-state index in [0.717, 1.165) is 6.42 Å². The minimum absolute atomic E-state index is 0.0208. The molecule has 0 bridgehead atoms. The van der Waals surface area contributed by atoms with Gasteiger partial charge in [-0.25, -0.2) is 0 Å². The van der Waals surface area contributed by atoms with Crippen LogP contribution in [0, 0.1) is 0 Å². The topological polar surface area (TPSA) is 71.3 Å². The van der Waals surface area contributed by atoms with E-state index in [-0.39, 0.29) is 11.8 Å². The molecule has 0 aliphatic heterocycles. The molecule has 0 aliphatic carbocycles. The molecule has 110 valence electrons. The lowest BCUT2D eigenvalue weighted by atomic mass is 10.2.